The van der Waals surface area contributed by atoms with E-state index in [2.05, 4.69) is 15.4 Å². The maximum absolute atomic E-state index is 12.6. The molecule has 0 aliphatic carbocycles. The molecule has 1 saturated heterocycles. The van der Waals surface area contributed by atoms with Gasteiger partial charge in [-0.25, -0.2) is 4.98 Å². The molecular weight excluding hydrogens is 330 g/mol. The summed E-state index contributed by atoms with van der Waals surface area (Å²) in [6.45, 7) is 2.61. The first-order chi connectivity index (χ1) is 12.5. The SMILES string of the molecule is Cc1nn(C)c2ncc(NC(=O)c3cccc(N4CCCC4=O)c3)cc12. The van der Waals surface area contributed by atoms with E-state index in [0.717, 1.165) is 28.8 Å². The fourth-order valence-electron chi connectivity index (χ4n) is 3.32. The lowest BCUT2D eigenvalue weighted by Gasteiger charge is -2.16. The second-order valence-corrected chi connectivity index (χ2v) is 6.46. The van der Waals surface area contributed by atoms with Crippen LogP contribution >= 0.6 is 0 Å². The third-order valence-electron chi connectivity index (χ3n) is 4.61. The van der Waals surface area contributed by atoms with E-state index in [1.165, 1.54) is 0 Å². The minimum atomic E-state index is -0.235. The molecule has 0 spiro atoms. The average molecular weight is 349 g/mol. The van der Waals surface area contributed by atoms with Crippen LogP contribution in [0.4, 0.5) is 11.4 Å². The number of hydrogen-bond acceptors (Lipinski definition) is 4. The maximum Gasteiger partial charge on any atom is 0.255 e. The third-order valence-corrected chi connectivity index (χ3v) is 4.61. The molecule has 1 aromatic carbocycles. The Hall–Kier alpha value is -3.22. The zero-order valence-electron chi connectivity index (χ0n) is 14.7. The van der Waals surface area contributed by atoms with Gasteiger partial charge in [0.15, 0.2) is 5.65 Å². The average Bonchev–Trinajstić information content (AvgIpc) is 3.18. The van der Waals surface area contributed by atoms with Gasteiger partial charge in [0, 0.05) is 36.7 Å². The number of benzene rings is 1. The lowest BCUT2D eigenvalue weighted by atomic mass is 10.1. The Kier molecular flexibility index (Phi) is 3.91. The molecule has 132 valence electrons. The van der Waals surface area contributed by atoms with E-state index in [4.69, 9.17) is 0 Å². The van der Waals surface area contributed by atoms with E-state index >= 15 is 0 Å². The molecule has 26 heavy (non-hydrogen) atoms. The smallest absolute Gasteiger partial charge is 0.255 e. The van der Waals surface area contributed by atoms with E-state index in [1.54, 1.807) is 34.0 Å². The molecule has 0 unspecified atom stereocenters. The number of carbonyl (C=O) groups is 2. The molecule has 1 aliphatic heterocycles. The highest BCUT2D eigenvalue weighted by atomic mass is 16.2. The van der Waals surface area contributed by atoms with Crippen LogP contribution in [-0.4, -0.2) is 33.1 Å². The van der Waals surface area contributed by atoms with Gasteiger partial charge in [0.25, 0.3) is 5.91 Å². The van der Waals surface area contributed by atoms with E-state index in [-0.39, 0.29) is 11.8 Å². The van der Waals surface area contributed by atoms with Crippen molar-refractivity contribution in [2.75, 3.05) is 16.8 Å². The summed E-state index contributed by atoms with van der Waals surface area (Å²) in [6.07, 6.45) is 3.03. The summed E-state index contributed by atoms with van der Waals surface area (Å²) in [5, 5.41) is 8.11. The van der Waals surface area contributed by atoms with Gasteiger partial charge in [-0.15, -0.1) is 0 Å². The Bertz CT molecular complexity index is 1020. The predicted molar refractivity (Wildman–Crippen MR) is 99.2 cm³/mol. The minimum Gasteiger partial charge on any atom is -0.321 e. The van der Waals surface area contributed by atoms with Gasteiger partial charge in [0.05, 0.1) is 17.6 Å². The number of nitrogens with one attached hydrogen (secondary N) is 1. The third kappa shape index (κ3) is 2.81. The van der Waals surface area contributed by atoms with Crippen LogP contribution in [0.25, 0.3) is 11.0 Å². The standard InChI is InChI=1S/C19H19N5O2/c1-12-16-10-14(11-20-18(16)23(2)22-12)21-19(26)13-5-3-6-15(9-13)24-8-4-7-17(24)25/h3,5-6,9-11H,4,7-8H2,1-2H3,(H,21,26). The first kappa shape index (κ1) is 16.3. The van der Waals surface area contributed by atoms with E-state index in [9.17, 15) is 9.59 Å². The molecule has 2 amide bonds. The van der Waals surface area contributed by atoms with Gasteiger partial charge in [-0.2, -0.15) is 5.10 Å². The molecule has 0 radical (unpaired) electrons. The van der Waals surface area contributed by atoms with Gasteiger partial charge < -0.3 is 10.2 Å². The van der Waals surface area contributed by atoms with E-state index in [0.29, 0.717) is 24.2 Å². The summed E-state index contributed by atoms with van der Waals surface area (Å²) in [4.78, 5) is 30.6. The van der Waals surface area contributed by atoms with Crippen molar-refractivity contribution in [3.8, 4) is 0 Å². The molecule has 4 rings (SSSR count). The van der Waals surface area contributed by atoms with Gasteiger partial charge in [0.2, 0.25) is 5.91 Å². The summed E-state index contributed by atoms with van der Waals surface area (Å²) in [5.41, 5.74) is 3.51. The van der Waals surface area contributed by atoms with Gasteiger partial charge in [-0.1, -0.05) is 6.07 Å². The molecule has 0 atom stereocenters. The Balaban J connectivity index is 1.58. The Morgan fingerprint density at radius 3 is 2.88 bits per heavy atom. The number of carbonyl (C=O) groups excluding carboxylic acids is 2. The van der Waals surface area contributed by atoms with Crippen molar-refractivity contribution < 1.29 is 9.59 Å². The number of aryl methyl sites for hydroxylation is 2. The van der Waals surface area contributed by atoms with Crippen molar-refractivity contribution in [1.82, 2.24) is 14.8 Å². The molecular formula is C19H19N5O2. The van der Waals surface area contributed by atoms with Crippen molar-refractivity contribution >= 4 is 34.2 Å². The number of rotatable bonds is 3. The number of aromatic nitrogens is 3. The molecule has 2 aromatic heterocycles. The van der Waals surface area contributed by atoms with E-state index in [1.807, 2.05) is 26.1 Å². The highest BCUT2D eigenvalue weighted by Gasteiger charge is 2.22. The van der Waals surface area contributed by atoms with Gasteiger partial charge in [-0.3, -0.25) is 14.3 Å². The van der Waals surface area contributed by atoms with Crippen molar-refractivity contribution in [3.63, 3.8) is 0 Å². The fourth-order valence-corrected chi connectivity index (χ4v) is 3.32. The van der Waals surface area contributed by atoms with E-state index < -0.39 is 0 Å². The molecule has 3 aromatic rings. The van der Waals surface area contributed by atoms with Crippen LogP contribution in [0.1, 0.15) is 28.9 Å². The van der Waals surface area contributed by atoms with Crippen LogP contribution in [-0.2, 0) is 11.8 Å². The van der Waals surface area contributed by atoms with Crippen LogP contribution in [0.3, 0.4) is 0 Å². The quantitative estimate of drug-likeness (QED) is 0.788. The monoisotopic (exact) mass is 349 g/mol. The Labute approximate surface area is 150 Å². The highest BCUT2D eigenvalue weighted by molar-refractivity contribution is 6.06. The van der Waals surface area contributed by atoms with Crippen LogP contribution < -0.4 is 10.2 Å². The largest absolute Gasteiger partial charge is 0.321 e. The Morgan fingerprint density at radius 2 is 2.12 bits per heavy atom. The second-order valence-electron chi connectivity index (χ2n) is 6.46. The van der Waals surface area contributed by atoms with Gasteiger partial charge >= 0.3 is 0 Å². The van der Waals surface area contributed by atoms with Crippen LogP contribution in [0.15, 0.2) is 36.5 Å². The lowest BCUT2D eigenvalue weighted by molar-refractivity contribution is -0.117. The zero-order chi connectivity index (χ0) is 18.3. The number of amides is 2. The summed E-state index contributed by atoms with van der Waals surface area (Å²) in [5.74, 6) is -0.134. The number of anilines is 2. The number of hydrogen-bond donors (Lipinski definition) is 1. The Morgan fingerprint density at radius 1 is 1.27 bits per heavy atom. The molecule has 3 heterocycles. The number of pyridine rings is 1. The summed E-state index contributed by atoms with van der Waals surface area (Å²) in [7, 11) is 1.84. The number of nitrogens with zero attached hydrogens (tertiary/aromatic N) is 4. The summed E-state index contributed by atoms with van der Waals surface area (Å²) < 4.78 is 1.72. The predicted octanol–water partition coefficient (Wildman–Crippen LogP) is 2.66. The van der Waals surface area contributed by atoms with Crippen LogP contribution in [0.2, 0.25) is 0 Å². The van der Waals surface area contributed by atoms with Gasteiger partial charge in [0.1, 0.15) is 0 Å². The topological polar surface area (TPSA) is 80.1 Å². The van der Waals surface area contributed by atoms with Gasteiger partial charge in [-0.05, 0) is 37.6 Å². The molecule has 1 fully saturated rings. The van der Waals surface area contributed by atoms with Crippen LogP contribution in [0.5, 0.6) is 0 Å². The first-order valence-corrected chi connectivity index (χ1v) is 8.54. The van der Waals surface area contributed by atoms with Crippen LogP contribution in [0, 0.1) is 6.92 Å². The first-order valence-electron chi connectivity index (χ1n) is 8.54. The van der Waals surface area contributed by atoms with Crippen molar-refractivity contribution in [2.45, 2.75) is 19.8 Å². The molecule has 1 N–H and O–H groups in total. The summed E-state index contributed by atoms with van der Waals surface area (Å²) >= 11 is 0. The molecule has 0 saturated carbocycles. The molecule has 0 bridgehead atoms. The second kappa shape index (κ2) is 6.25. The fraction of sp³-hybridized carbons (Fsp3) is 0.263. The molecule has 1 aliphatic rings. The lowest BCUT2D eigenvalue weighted by Crippen LogP contribution is -2.24. The van der Waals surface area contributed by atoms with Crippen molar-refractivity contribution in [1.29, 1.82) is 0 Å². The molecule has 7 heteroatoms. The van der Waals surface area contributed by atoms with Crippen molar-refractivity contribution in [3.05, 3.63) is 47.8 Å². The minimum absolute atomic E-state index is 0.101. The molecule has 7 nitrogen and oxygen atoms in total. The number of fused-ring (bicyclic) bond motifs is 1. The zero-order valence-corrected chi connectivity index (χ0v) is 14.7. The normalized spacial score (nSPS) is 14.2. The summed E-state index contributed by atoms with van der Waals surface area (Å²) in [6, 6.07) is 9.01. The van der Waals surface area contributed by atoms with Crippen molar-refractivity contribution in [2.24, 2.45) is 7.05 Å². The maximum atomic E-state index is 12.6. The highest BCUT2D eigenvalue weighted by Crippen LogP contribution is 2.23.